The number of urea groups is 1. The molecule has 1 saturated heterocycles. The molecule has 1 aliphatic rings. The van der Waals surface area contributed by atoms with Crippen molar-refractivity contribution in [3.63, 3.8) is 0 Å². The van der Waals surface area contributed by atoms with Crippen molar-refractivity contribution < 1.29 is 13.9 Å². The quantitative estimate of drug-likeness (QED) is 0.946. The van der Waals surface area contributed by atoms with Crippen LogP contribution < -0.4 is 5.32 Å². The number of benzene rings is 1. The summed E-state index contributed by atoms with van der Waals surface area (Å²) >= 11 is 0. The number of hydrogen-bond donors (Lipinski definition) is 1. The molecule has 2 heterocycles. The number of oxazole rings is 1. The molecule has 1 aromatic carbocycles. The first kappa shape index (κ1) is 14.8. The third-order valence-corrected chi connectivity index (χ3v) is 3.95. The molecule has 0 spiro atoms. The van der Waals surface area contributed by atoms with E-state index in [1.165, 1.54) is 0 Å². The van der Waals surface area contributed by atoms with Crippen molar-refractivity contribution in [1.82, 2.24) is 9.88 Å². The van der Waals surface area contributed by atoms with Gasteiger partial charge in [-0.25, -0.2) is 9.78 Å². The number of nitrogens with zero attached hydrogens (tertiary/aromatic N) is 2. The predicted octanol–water partition coefficient (Wildman–Crippen LogP) is 3.03. The van der Waals surface area contributed by atoms with Gasteiger partial charge in [-0.15, -0.1) is 0 Å². The maximum absolute atomic E-state index is 12.4. The highest BCUT2D eigenvalue weighted by atomic mass is 16.5. The third kappa shape index (κ3) is 2.92. The number of carbonyl (C=O) groups excluding carboxylic acids is 1. The minimum Gasteiger partial charge on any atom is -0.441 e. The fourth-order valence-electron chi connectivity index (χ4n) is 2.66. The number of amides is 2. The van der Waals surface area contributed by atoms with E-state index < -0.39 is 0 Å². The molecule has 2 aromatic rings. The minimum atomic E-state index is -0.0892. The van der Waals surface area contributed by atoms with Crippen LogP contribution in [-0.4, -0.2) is 41.7 Å². The average Bonchev–Trinajstić information content (AvgIpc) is 2.97. The van der Waals surface area contributed by atoms with E-state index in [2.05, 4.69) is 17.2 Å². The molecule has 118 valence electrons. The molecule has 1 atom stereocenters. The standard InChI is InChI=1S/C16H21N3O3/c1-3-12-10-21-8-7-19(12)16(20)17-11-5-6-14-13(9-11)18-15(4-2)22-14/h5-6,9,12H,3-4,7-8,10H2,1-2H3,(H,17,20). The lowest BCUT2D eigenvalue weighted by atomic mass is 10.2. The first-order chi connectivity index (χ1) is 10.7. The van der Waals surface area contributed by atoms with Gasteiger partial charge in [0.25, 0.3) is 0 Å². The molecule has 1 aromatic heterocycles. The van der Waals surface area contributed by atoms with Gasteiger partial charge in [-0.05, 0) is 24.6 Å². The summed E-state index contributed by atoms with van der Waals surface area (Å²) in [5.41, 5.74) is 2.24. The maximum Gasteiger partial charge on any atom is 0.322 e. The van der Waals surface area contributed by atoms with Gasteiger partial charge >= 0.3 is 6.03 Å². The number of ether oxygens (including phenoxy) is 1. The van der Waals surface area contributed by atoms with Crippen molar-refractivity contribution in [2.45, 2.75) is 32.7 Å². The first-order valence-electron chi connectivity index (χ1n) is 7.76. The molecule has 0 saturated carbocycles. The molecule has 0 radical (unpaired) electrons. The fraction of sp³-hybridized carbons (Fsp3) is 0.500. The van der Waals surface area contributed by atoms with E-state index in [0.717, 1.165) is 29.6 Å². The topological polar surface area (TPSA) is 67.6 Å². The number of morpholine rings is 1. The molecule has 1 aliphatic heterocycles. The van der Waals surface area contributed by atoms with Crippen LogP contribution >= 0.6 is 0 Å². The van der Waals surface area contributed by atoms with E-state index in [0.29, 0.717) is 25.6 Å². The zero-order valence-electron chi connectivity index (χ0n) is 13.0. The summed E-state index contributed by atoms with van der Waals surface area (Å²) in [4.78, 5) is 18.7. The highest BCUT2D eigenvalue weighted by Crippen LogP contribution is 2.21. The summed E-state index contributed by atoms with van der Waals surface area (Å²) in [6.07, 6.45) is 1.64. The molecule has 0 aliphatic carbocycles. The zero-order chi connectivity index (χ0) is 15.5. The lowest BCUT2D eigenvalue weighted by molar-refractivity contribution is 0.0144. The Morgan fingerprint density at radius 3 is 3.09 bits per heavy atom. The SMILES string of the molecule is CCc1nc2cc(NC(=O)N3CCOCC3CC)ccc2o1. The van der Waals surface area contributed by atoms with Crippen molar-refractivity contribution in [3.05, 3.63) is 24.1 Å². The van der Waals surface area contributed by atoms with E-state index in [-0.39, 0.29) is 12.1 Å². The number of carbonyl (C=O) groups is 1. The summed E-state index contributed by atoms with van der Waals surface area (Å²) in [6.45, 7) is 5.87. The van der Waals surface area contributed by atoms with Crippen LogP contribution in [0, 0.1) is 0 Å². The Hall–Kier alpha value is -2.08. The van der Waals surface area contributed by atoms with E-state index in [4.69, 9.17) is 9.15 Å². The molecule has 6 heteroatoms. The molecular formula is C16H21N3O3. The molecule has 2 amide bonds. The van der Waals surface area contributed by atoms with Gasteiger partial charge in [0.05, 0.1) is 19.3 Å². The Kier molecular flexibility index (Phi) is 4.29. The van der Waals surface area contributed by atoms with Crippen LogP contribution in [-0.2, 0) is 11.2 Å². The summed E-state index contributed by atoms with van der Waals surface area (Å²) in [5.74, 6) is 0.706. The number of aryl methyl sites for hydroxylation is 1. The number of nitrogens with one attached hydrogen (secondary N) is 1. The van der Waals surface area contributed by atoms with E-state index in [9.17, 15) is 4.79 Å². The normalized spacial score (nSPS) is 18.6. The Morgan fingerprint density at radius 2 is 2.32 bits per heavy atom. The maximum atomic E-state index is 12.4. The first-order valence-corrected chi connectivity index (χ1v) is 7.76. The molecule has 1 N–H and O–H groups in total. The summed E-state index contributed by atoms with van der Waals surface area (Å²) < 4.78 is 11.0. The van der Waals surface area contributed by atoms with Gasteiger partial charge in [0, 0.05) is 18.7 Å². The molecule has 6 nitrogen and oxygen atoms in total. The molecular weight excluding hydrogens is 282 g/mol. The smallest absolute Gasteiger partial charge is 0.322 e. The molecule has 0 bridgehead atoms. The van der Waals surface area contributed by atoms with E-state index >= 15 is 0 Å². The van der Waals surface area contributed by atoms with Crippen molar-refractivity contribution in [3.8, 4) is 0 Å². The minimum absolute atomic E-state index is 0.0892. The van der Waals surface area contributed by atoms with Crippen molar-refractivity contribution in [1.29, 1.82) is 0 Å². The second-order valence-corrected chi connectivity index (χ2v) is 5.40. The van der Waals surface area contributed by atoms with Gasteiger partial charge in [0.2, 0.25) is 0 Å². The summed E-state index contributed by atoms with van der Waals surface area (Å²) in [6, 6.07) is 5.57. The molecule has 3 rings (SSSR count). The van der Waals surface area contributed by atoms with Crippen LogP contribution in [0.1, 0.15) is 26.2 Å². The van der Waals surface area contributed by atoms with E-state index in [1.807, 2.05) is 30.0 Å². The number of anilines is 1. The lowest BCUT2D eigenvalue weighted by Gasteiger charge is -2.34. The predicted molar refractivity (Wildman–Crippen MR) is 84.0 cm³/mol. The number of aromatic nitrogens is 1. The largest absolute Gasteiger partial charge is 0.441 e. The van der Waals surface area contributed by atoms with Crippen LogP contribution in [0.4, 0.5) is 10.5 Å². The Labute approximate surface area is 129 Å². The Morgan fingerprint density at radius 1 is 1.45 bits per heavy atom. The van der Waals surface area contributed by atoms with Gasteiger partial charge < -0.3 is 19.4 Å². The zero-order valence-corrected chi connectivity index (χ0v) is 13.0. The van der Waals surface area contributed by atoms with Gasteiger partial charge in [0.15, 0.2) is 11.5 Å². The second-order valence-electron chi connectivity index (χ2n) is 5.40. The average molecular weight is 303 g/mol. The third-order valence-electron chi connectivity index (χ3n) is 3.95. The van der Waals surface area contributed by atoms with Gasteiger partial charge in [-0.2, -0.15) is 0 Å². The number of rotatable bonds is 3. The highest BCUT2D eigenvalue weighted by molar-refractivity contribution is 5.91. The van der Waals surface area contributed by atoms with Crippen molar-refractivity contribution >= 4 is 22.8 Å². The summed E-state index contributed by atoms with van der Waals surface area (Å²) in [7, 11) is 0. The number of hydrogen-bond acceptors (Lipinski definition) is 4. The summed E-state index contributed by atoms with van der Waals surface area (Å²) in [5, 5.41) is 2.95. The van der Waals surface area contributed by atoms with Crippen LogP contribution in [0.25, 0.3) is 11.1 Å². The molecule has 1 unspecified atom stereocenters. The molecule has 22 heavy (non-hydrogen) atoms. The number of fused-ring (bicyclic) bond motifs is 1. The van der Waals surface area contributed by atoms with Crippen molar-refractivity contribution in [2.75, 3.05) is 25.1 Å². The van der Waals surface area contributed by atoms with Crippen LogP contribution in [0.5, 0.6) is 0 Å². The van der Waals surface area contributed by atoms with Gasteiger partial charge in [-0.1, -0.05) is 13.8 Å². The second kappa shape index (κ2) is 6.36. The van der Waals surface area contributed by atoms with Crippen LogP contribution in [0.2, 0.25) is 0 Å². The Balaban J connectivity index is 1.75. The molecule has 1 fully saturated rings. The Bertz CT molecular complexity index is 668. The van der Waals surface area contributed by atoms with Crippen LogP contribution in [0.3, 0.4) is 0 Å². The highest BCUT2D eigenvalue weighted by Gasteiger charge is 2.26. The monoisotopic (exact) mass is 303 g/mol. The van der Waals surface area contributed by atoms with Crippen molar-refractivity contribution in [2.24, 2.45) is 0 Å². The van der Waals surface area contributed by atoms with Gasteiger partial charge in [0.1, 0.15) is 5.52 Å². The lowest BCUT2D eigenvalue weighted by Crippen LogP contribution is -2.50. The van der Waals surface area contributed by atoms with Gasteiger partial charge in [-0.3, -0.25) is 0 Å². The fourth-order valence-corrected chi connectivity index (χ4v) is 2.66. The van der Waals surface area contributed by atoms with Crippen LogP contribution in [0.15, 0.2) is 22.6 Å². The van der Waals surface area contributed by atoms with E-state index in [1.54, 1.807) is 0 Å².